The molecule has 0 atom stereocenters. The van der Waals surface area contributed by atoms with Crippen LogP contribution in [0.5, 0.6) is 0 Å². The minimum atomic E-state index is -0.581. The van der Waals surface area contributed by atoms with E-state index in [1.807, 2.05) is 24.3 Å². The number of aromatic nitrogens is 4. The highest BCUT2D eigenvalue weighted by molar-refractivity contribution is 5.96. The Bertz CT molecular complexity index is 960. The summed E-state index contributed by atoms with van der Waals surface area (Å²) in [6.07, 6.45) is 1.45. The lowest BCUT2D eigenvalue weighted by Gasteiger charge is -2.22. The van der Waals surface area contributed by atoms with E-state index in [4.69, 9.17) is 4.74 Å². The van der Waals surface area contributed by atoms with Crippen molar-refractivity contribution < 1.29 is 14.3 Å². The molecule has 0 aliphatic rings. The van der Waals surface area contributed by atoms with E-state index in [9.17, 15) is 9.59 Å². The van der Waals surface area contributed by atoms with Gasteiger partial charge in [-0.15, -0.1) is 5.10 Å². The van der Waals surface area contributed by atoms with Crippen LogP contribution >= 0.6 is 0 Å². The second-order valence-electron chi connectivity index (χ2n) is 7.22. The molecule has 8 nitrogen and oxygen atoms in total. The number of anilines is 1. The molecule has 0 unspecified atom stereocenters. The molecule has 3 rings (SSSR count). The van der Waals surface area contributed by atoms with E-state index in [1.165, 1.54) is 11.0 Å². The van der Waals surface area contributed by atoms with Gasteiger partial charge in [0.2, 0.25) is 0 Å². The third-order valence-corrected chi connectivity index (χ3v) is 4.06. The third-order valence-electron chi connectivity index (χ3n) is 4.06. The Kier molecular flexibility index (Phi) is 5.49. The molecule has 2 aromatic carbocycles. The number of tetrazole rings is 1. The van der Waals surface area contributed by atoms with Crippen LogP contribution in [-0.2, 0) is 14.9 Å². The molecule has 1 amide bonds. The summed E-state index contributed by atoms with van der Waals surface area (Å²) >= 11 is 0. The van der Waals surface area contributed by atoms with Gasteiger partial charge in [0.25, 0.3) is 5.91 Å². The number of ether oxygens (including phenoxy) is 1. The molecule has 0 saturated heterocycles. The zero-order valence-corrected chi connectivity index (χ0v) is 15.9. The van der Waals surface area contributed by atoms with Crippen LogP contribution in [0.2, 0.25) is 0 Å². The number of nitrogens with one attached hydrogen (secondary N) is 1. The zero-order valence-electron chi connectivity index (χ0n) is 15.9. The van der Waals surface area contributed by atoms with Crippen LogP contribution in [0.25, 0.3) is 5.69 Å². The molecule has 0 fully saturated rings. The van der Waals surface area contributed by atoms with E-state index in [1.54, 1.807) is 24.3 Å². The lowest BCUT2D eigenvalue weighted by molar-refractivity contribution is -0.119. The first kappa shape index (κ1) is 19.2. The lowest BCUT2D eigenvalue weighted by atomic mass is 9.86. The SMILES string of the molecule is CC(C)(C)c1ccccc1NC(=O)COC(=O)c1ccc(-n2cnnn2)cc1. The second kappa shape index (κ2) is 7.99. The molecule has 0 bridgehead atoms. The molecule has 8 heteroatoms. The van der Waals surface area contributed by atoms with Crippen molar-refractivity contribution in [1.29, 1.82) is 0 Å². The van der Waals surface area contributed by atoms with E-state index < -0.39 is 11.9 Å². The molecule has 1 N–H and O–H groups in total. The molecule has 1 aromatic heterocycles. The average molecular weight is 379 g/mol. The summed E-state index contributed by atoms with van der Waals surface area (Å²) < 4.78 is 6.59. The number of nitrogens with zero attached hydrogens (tertiary/aromatic N) is 4. The number of carbonyl (C=O) groups is 2. The average Bonchev–Trinajstić information content (AvgIpc) is 3.20. The van der Waals surface area contributed by atoms with E-state index in [2.05, 4.69) is 41.6 Å². The van der Waals surface area contributed by atoms with E-state index in [-0.39, 0.29) is 12.0 Å². The third kappa shape index (κ3) is 4.59. The summed E-state index contributed by atoms with van der Waals surface area (Å²) in [5.74, 6) is -0.974. The number of hydrogen-bond donors (Lipinski definition) is 1. The van der Waals surface area contributed by atoms with Gasteiger partial charge in [-0.2, -0.15) is 0 Å². The second-order valence-corrected chi connectivity index (χ2v) is 7.22. The number of hydrogen-bond acceptors (Lipinski definition) is 6. The van der Waals surface area contributed by atoms with Gasteiger partial charge >= 0.3 is 5.97 Å². The van der Waals surface area contributed by atoms with Crippen molar-refractivity contribution in [2.24, 2.45) is 0 Å². The number of carbonyl (C=O) groups excluding carboxylic acids is 2. The van der Waals surface area contributed by atoms with Gasteiger partial charge in [-0.25, -0.2) is 9.48 Å². The smallest absolute Gasteiger partial charge is 0.338 e. The summed E-state index contributed by atoms with van der Waals surface area (Å²) in [5, 5.41) is 13.7. The van der Waals surface area contributed by atoms with E-state index in [0.29, 0.717) is 16.9 Å². The highest BCUT2D eigenvalue weighted by Gasteiger charge is 2.19. The standard InChI is InChI=1S/C20H21N5O3/c1-20(2,3)16-6-4-5-7-17(16)22-18(26)12-28-19(27)14-8-10-15(11-9-14)25-13-21-23-24-25/h4-11,13H,12H2,1-3H3,(H,22,26). The normalized spacial score (nSPS) is 11.1. The summed E-state index contributed by atoms with van der Waals surface area (Å²) in [4.78, 5) is 24.4. The van der Waals surface area contributed by atoms with Crippen molar-refractivity contribution in [3.63, 3.8) is 0 Å². The fraction of sp³-hybridized carbons (Fsp3) is 0.250. The number of benzene rings is 2. The Morgan fingerprint density at radius 2 is 1.79 bits per heavy atom. The summed E-state index contributed by atoms with van der Waals surface area (Å²) in [6, 6.07) is 14.1. The van der Waals surface area contributed by atoms with Crippen molar-refractivity contribution in [3.8, 4) is 5.69 Å². The highest BCUT2D eigenvalue weighted by atomic mass is 16.5. The Morgan fingerprint density at radius 1 is 1.07 bits per heavy atom. The van der Waals surface area contributed by atoms with Crippen molar-refractivity contribution >= 4 is 17.6 Å². The maximum atomic E-state index is 12.2. The Balaban J connectivity index is 1.58. The number of rotatable bonds is 5. The van der Waals surface area contributed by atoms with Gasteiger partial charge in [0.05, 0.1) is 11.3 Å². The van der Waals surface area contributed by atoms with Gasteiger partial charge in [0, 0.05) is 5.69 Å². The van der Waals surface area contributed by atoms with Crippen LogP contribution in [0.4, 0.5) is 5.69 Å². The summed E-state index contributed by atoms with van der Waals surface area (Å²) in [7, 11) is 0. The Morgan fingerprint density at radius 3 is 2.43 bits per heavy atom. The summed E-state index contributed by atoms with van der Waals surface area (Å²) in [5.41, 5.74) is 2.63. The van der Waals surface area contributed by atoms with Gasteiger partial charge in [0.15, 0.2) is 6.61 Å². The van der Waals surface area contributed by atoms with Crippen LogP contribution in [0.1, 0.15) is 36.7 Å². The van der Waals surface area contributed by atoms with E-state index >= 15 is 0 Å². The molecule has 0 saturated carbocycles. The molecular weight excluding hydrogens is 358 g/mol. The van der Waals surface area contributed by atoms with Gasteiger partial charge in [-0.3, -0.25) is 4.79 Å². The zero-order chi connectivity index (χ0) is 20.1. The fourth-order valence-electron chi connectivity index (χ4n) is 2.68. The maximum absolute atomic E-state index is 12.2. The predicted molar refractivity (Wildman–Crippen MR) is 103 cm³/mol. The van der Waals surface area contributed by atoms with Crippen molar-refractivity contribution in [1.82, 2.24) is 20.2 Å². The first-order valence-electron chi connectivity index (χ1n) is 8.74. The van der Waals surface area contributed by atoms with Crippen LogP contribution in [0.3, 0.4) is 0 Å². The van der Waals surface area contributed by atoms with Crippen LogP contribution < -0.4 is 5.32 Å². The molecule has 0 radical (unpaired) electrons. The minimum absolute atomic E-state index is 0.123. The first-order chi connectivity index (χ1) is 13.3. The fourth-order valence-corrected chi connectivity index (χ4v) is 2.68. The van der Waals surface area contributed by atoms with Crippen molar-refractivity contribution in [3.05, 3.63) is 66.0 Å². The van der Waals surface area contributed by atoms with Gasteiger partial charge in [0.1, 0.15) is 6.33 Å². The Hall–Kier alpha value is -3.55. The van der Waals surface area contributed by atoms with Gasteiger partial charge < -0.3 is 10.1 Å². The molecule has 28 heavy (non-hydrogen) atoms. The number of amides is 1. The number of para-hydroxylation sites is 1. The molecular formula is C20H21N5O3. The van der Waals surface area contributed by atoms with E-state index in [0.717, 1.165) is 5.56 Å². The summed E-state index contributed by atoms with van der Waals surface area (Å²) in [6.45, 7) is 5.83. The van der Waals surface area contributed by atoms with Crippen LogP contribution in [0.15, 0.2) is 54.9 Å². The quantitative estimate of drug-likeness (QED) is 0.685. The minimum Gasteiger partial charge on any atom is -0.452 e. The van der Waals surface area contributed by atoms with Crippen LogP contribution in [-0.4, -0.2) is 38.7 Å². The molecule has 144 valence electrons. The topological polar surface area (TPSA) is 99.0 Å². The highest BCUT2D eigenvalue weighted by Crippen LogP contribution is 2.29. The first-order valence-corrected chi connectivity index (χ1v) is 8.74. The maximum Gasteiger partial charge on any atom is 0.338 e. The van der Waals surface area contributed by atoms with Gasteiger partial charge in [-0.05, 0) is 51.7 Å². The van der Waals surface area contributed by atoms with Gasteiger partial charge in [-0.1, -0.05) is 39.0 Å². The molecule has 1 heterocycles. The molecule has 0 aliphatic heterocycles. The molecule has 0 aliphatic carbocycles. The molecule has 3 aromatic rings. The van der Waals surface area contributed by atoms with Crippen LogP contribution in [0, 0.1) is 0 Å². The largest absolute Gasteiger partial charge is 0.452 e. The lowest BCUT2D eigenvalue weighted by Crippen LogP contribution is -2.23. The predicted octanol–water partition coefficient (Wildman–Crippen LogP) is 2.76. The van der Waals surface area contributed by atoms with Crippen molar-refractivity contribution in [2.75, 3.05) is 11.9 Å². The van der Waals surface area contributed by atoms with Crippen molar-refractivity contribution in [2.45, 2.75) is 26.2 Å². The molecule has 0 spiro atoms. The number of esters is 1. The Labute approximate surface area is 162 Å². The monoisotopic (exact) mass is 379 g/mol.